The number of nitrogens with one attached hydrogen (secondary N) is 1. The SMILES string of the molecule is CNC(=O)c1ccc([C@@H]2CCCCN2CC[C@H]2CCOC2=O)n1C. The number of hydrogen-bond acceptors (Lipinski definition) is 4. The summed E-state index contributed by atoms with van der Waals surface area (Å²) in [5.74, 6) is -0.0356. The molecule has 1 aromatic heterocycles. The lowest BCUT2D eigenvalue weighted by Crippen LogP contribution is -2.36. The van der Waals surface area contributed by atoms with Crippen molar-refractivity contribution in [3.8, 4) is 0 Å². The lowest BCUT2D eigenvalue weighted by molar-refractivity contribution is -0.141. The Bertz CT molecular complexity index is 611. The first kappa shape index (κ1) is 17.0. The molecule has 0 aliphatic carbocycles. The van der Waals surface area contributed by atoms with Crippen molar-refractivity contribution < 1.29 is 14.3 Å². The Kier molecular flexibility index (Phi) is 5.23. The highest BCUT2D eigenvalue weighted by molar-refractivity contribution is 5.92. The van der Waals surface area contributed by atoms with E-state index in [-0.39, 0.29) is 17.8 Å². The fraction of sp³-hybridized carbons (Fsp3) is 0.667. The van der Waals surface area contributed by atoms with Crippen LogP contribution in [0.4, 0.5) is 0 Å². The van der Waals surface area contributed by atoms with Crippen LogP contribution in [0.2, 0.25) is 0 Å². The summed E-state index contributed by atoms with van der Waals surface area (Å²) >= 11 is 0. The molecular formula is C18H27N3O3. The summed E-state index contributed by atoms with van der Waals surface area (Å²) in [6, 6.07) is 4.28. The lowest BCUT2D eigenvalue weighted by Gasteiger charge is -2.36. The number of carbonyl (C=O) groups is 2. The Labute approximate surface area is 143 Å². The summed E-state index contributed by atoms with van der Waals surface area (Å²) in [5.41, 5.74) is 1.87. The van der Waals surface area contributed by atoms with Gasteiger partial charge in [0, 0.05) is 19.8 Å². The number of esters is 1. The van der Waals surface area contributed by atoms with E-state index in [4.69, 9.17) is 4.74 Å². The van der Waals surface area contributed by atoms with Gasteiger partial charge in [0.25, 0.3) is 5.91 Å². The zero-order chi connectivity index (χ0) is 17.1. The van der Waals surface area contributed by atoms with E-state index in [0.717, 1.165) is 32.4 Å². The van der Waals surface area contributed by atoms with Crippen molar-refractivity contribution in [1.82, 2.24) is 14.8 Å². The molecule has 0 saturated carbocycles. The van der Waals surface area contributed by atoms with Crippen LogP contribution in [-0.4, -0.2) is 48.1 Å². The molecule has 24 heavy (non-hydrogen) atoms. The number of rotatable bonds is 5. The molecule has 2 aliphatic heterocycles. The third-order valence-electron chi connectivity index (χ3n) is 5.38. The minimum atomic E-state index is -0.0557. The summed E-state index contributed by atoms with van der Waals surface area (Å²) in [7, 11) is 3.61. The molecule has 2 saturated heterocycles. The lowest BCUT2D eigenvalue weighted by atomic mass is 9.97. The zero-order valence-electron chi connectivity index (χ0n) is 14.6. The van der Waals surface area contributed by atoms with Crippen LogP contribution in [0.5, 0.6) is 0 Å². The zero-order valence-corrected chi connectivity index (χ0v) is 14.6. The van der Waals surface area contributed by atoms with Crippen molar-refractivity contribution in [2.45, 2.75) is 38.1 Å². The van der Waals surface area contributed by atoms with Crippen LogP contribution < -0.4 is 5.32 Å². The van der Waals surface area contributed by atoms with Gasteiger partial charge in [0.05, 0.1) is 18.6 Å². The van der Waals surface area contributed by atoms with Crippen molar-refractivity contribution in [1.29, 1.82) is 0 Å². The third-order valence-corrected chi connectivity index (χ3v) is 5.38. The van der Waals surface area contributed by atoms with Gasteiger partial charge in [-0.2, -0.15) is 0 Å². The number of nitrogens with zero attached hydrogens (tertiary/aromatic N) is 2. The molecule has 1 N–H and O–H groups in total. The van der Waals surface area contributed by atoms with Crippen LogP contribution in [0.1, 0.15) is 54.3 Å². The smallest absolute Gasteiger partial charge is 0.309 e. The Morgan fingerprint density at radius 3 is 2.88 bits per heavy atom. The van der Waals surface area contributed by atoms with Crippen molar-refractivity contribution in [2.75, 3.05) is 26.7 Å². The molecule has 3 rings (SSSR count). The van der Waals surface area contributed by atoms with E-state index < -0.39 is 0 Å². The number of aromatic nitrogens is 1. The van der Waals surface area contributed by atoms with E-state index >= 15 is 0 Å². The molecule has 0 unspecified atom stereocenters. The summed E-state index contributed by atoms with van der Waals surface area (Å²) in [6.45, 7) is 2.53. The van der Waals surface area contributed by atoms with Crippen molar-refractivity contribution >= 4 is 11.9 Å². The van der Waals surface area contributed by atoms with Crippen LogP contribution in [0.3, 0.4) is 0 Å². The normalized spacial score (nSPS) is 24.8. The molecule has 2 atom stereocenters. The van der Waals surface area contributed by atoms with Gasteiger partial charge in [-0.1, -0.05) is 6.42 Å². The highest BCUT2D eigenvalue weighted by Crippen LogP contribution is 2.32. The number of cyclic esters (lactones) is 1. The van der Waals surface area contributed by atoms with E-state index in [1.165, 1.54) is 18.5 Å². The quantitative estimate of drug-likeness (QED) is 0.836. The fourth-order valence-corrected chi connectivity index (χ4v) is 3.93. The van der Waals surface area contributed by atoms with Crippen LogP contribution >= 0.6 is 0 Å². The summed E-state index contributed by atoms with van der Waals surface area (Å²) in [4.78, 5) is 26.1. The first-order valence-corrected chi connectivity index (χ1v) is 8.90. The van der Waals surface area contributed by atoms with Gasteiger partial charge in [-0.05, 0) is 50.9 Å². The highest BCUT2D eigenvalue weighted by atomic mass is 16.5. The fourth-order valence-electron chi connectivity index (χ4n) is 3.93. The molecule has 2 aliphatic rings. The average Bonchev–Trinajstić information content (AvgIpc) is 3.18. The van der Waals surface area contributed by atoms with E-state index in [1.54, 1.807) is 7.05 Å². The molecule has 3 heterocycles. The van der Waals surface area contributed by atoms with Crippen LogP contribution in [0.15, 0.2) is 12.1 Å². The van der Waals surface area contributed by atoms with Crippen LogP contribution in [0, 0.1) is 5.92 Å². The molecule has 0 aromatic carbocycles. The van der Waals surface area contributed by atoms with Crippen molar-refractivity contribution in [3.05, 3.63) is 23.5 Å². The van der Waals surface area contributed by atoms with Crippen molar-refractivity contribution in [2.24, 2.45) is 13.0 Å². The number of likely N-dealkylation sites (tertiary alicyclic amines) is 1. The number of ether oxygens (including phenoxy) is 1. The second kappa shape index (κ2) is 7.38. The van der Waals surface area contributed by atoms with E-state index in [1.807, 2.05) is 17.7 Å². The maximum absolute atomic E-state index is 12.0. The predicted octanol–water partition coefficient (Wildman–Crippen LogP) is 1.86. The summed E-state index contributed by atoms with van der Waals surface area (Å²) < 4.78 is 7.08. The van der Waals surface area contributed by atoms with Gasteiger partial charge in [-0.25, -0.2) is 0 Å². The van der Waals surface area contributed by atoms with Gasteiger partial charge >= 0.3 is 5.97 Å². The maximum Gasteiger partial charge on any atom is 0.309 e. The second-order valence-electron chi connectivity index (χ2n) is 6.77. The molecular weight excluding hydrogens is 306 g/mol. The van der Waals surface area contributed by atoms with E-state index in [2.05, 4.69) is 16.3 Å². The molecule has 1 aromatic rings. The maximum atomic E-state index is 12.0. The minimum Gasteiger partial charge on any atom is -0.465 e. The standard InChI is InChI=1S/C18H27N3O3/c1-19-17(22)16-7-6-14(20(16)2)15-5-3-4-10-21(15)11-8-13-9-12-24-18(13)23/h6-7,13,15H,3-5,8-12H2,1-2H3,(H,19,22)/t13-,15-/m0/s1. The number of piperidine rings is 1. The van der Waals surface area contributed by atoms with Gasteiger partial charge in [-0.15, -0.1) is 0 Å². The molecule has 6 heteroatoms. The highest BCUT2D eigenvalue weighted by Gasteiger charge is 2.30. The summed E-state index contributed by atoms with van der Waals surface area (Å²) in [5, 5.41) is 2.69. The Balaban J connectivity index is 1.71. The first-order valence-electron chi connectivity index (χ1n) is 8.90. The first-order chi connectivity index (χ1) is 11.6. The molecule has 1 amide bonds. The Hall–Kier alpha value is -1.82. The molecule has 6 nitrogen and oxygen atoms in total. The minimum absolute atomic E-state index is 0.0377. The molecule has 2 fully saturated rings. The van der Waals surface area contributed by atoms with Gasteiger partial charge in [0.15, 0.2) is 0 Å². The van der Waals surface area contributed by atoms with Crippen LogP contribution in [-0.2, 0) is 16.6 Å². The van der Waals surface area contributed by atoms with Gasteiger partial charge < -0.3 is 14.6 Å². The molecule has 0 bridgehead atoms. The monoisotopic (exact) mass is 333 g/mol. The Morgan fingerprint density at radius 1 is 1.33 bits per heavy atom. The van der Waals surface area contributed by atoms with E-state index in [9.17, 15) is 9.59 Å². The van der Waals surface area contributed by atoms with Gasteiger partial charge in [0.1, 0.15) is 5.69 Å². The molecule has 0 radical (unpaired) electrons. The van der Waals surface area contributed by atoms with Gasteiger partial charge in [-0.3, -0.25) is 14.5 Å². The predicted molar refractivity (Wildman–Crippen MR) is 90.7 cm³/mol. The molecule has 0 spiro atoms. The van der Waals surface area contributed by atoms with E-state index in [0.29, 0.717) is 18.3 Å². The van der Waals surface area contributed by atoms with Crippen molar-refractivity contribution in [3.63, 3.8) is 0 Å². The largest absolute Gasteiger partial charge is 0.465 e. The topological polar surface area (TPSA) is 63.6 Å². The third kappa shape index (κ3) is 3.34. The second-order valence-corrected chi connectivity index (χ2v) is 6.77. The number of hydrogen-bond donors (Lipinski definition) is 1. The van der Waals surface area contributed by atoms with Crippen LogP contribution in [0.25, 0.3) is 0 Å². The van der Waals surface area contributed by atoms with Gasteiger partial charge in [0.2, 0.25) is 0 Å². The number of carbonyl (C=O) groups excluding carboxylic acids is 2. The average molecular weight is 333 g/mol. The number of amides is 1. The summed E-state index contributed by atoms with van der Waals surface area (Å²) in [6.07, 6.45) is 5.20. The Morgan fingerprint density at radius 2 is 2.17 bits per heavy atom. The molecule has 132 valence electrons.